The number of para-hydroxylation sites is 1. The Labute approximate surface area is 215 Å². The topological polar surface area (TPSA) is 97.0 Å². The third kappa shape index (κ3) is 4.64. The molecule has 2 aromatic carbocycles. The Morgan fingerprint density at radius 2 is 1.73 bits per heavy atom. The number of aryl methyl sites for hydroxylation is 1. The maximum atomic E-state index is 13.6. The zero-order valence-electron chi connectivity index (χ0n) is 21.4. The first-order chi connectivity index (χ1) is 17.9. The number of aliphatic hydroxyl groups excluding tert-OH is 1. The van der Waals surface area contributed by atoms with Crippen LogP contribution in [0.5, 0.6) is 5.75 Å². The third-order valence-corrected chi connectivity index (χ3v) is 7.87. The van der Waals surface area contributed by atoms with Gasteiger partial charge in [0.2, 0.25) is 5.91 Å². The summed E-state index contributed by atoms with van der Waals surface area (Å²) in [4.78, 5) is 43.5. The number of imide groups is 1. The molecule has 2 aliphatic rings. The first kappa shape index (κ1) is 25.1. The number of benzene rings is 2. The number of aromatic nitrogens is 2. The summed E-state index contributed by atoms with van der Waals surface area (Å²) in [6.45, 7) is 2.09. The van der Waals surface area contributed by atoms with Crippen LogP contribution in [-0.4, -0.2) is 57.8 Å². The van der Waals surface area contributed by atoms with E-state index in [-0.39, 0.29) is 37.1 Å². The van der Waals surface area contributed by atoms with Gasteiger partial charge in [-0.25, -0.2) is 4.79 Å². The van der Waals surface area contributed by atoms with Crippen molar-refractivity contribution in [3.05, 3.63) is 58.5 Å². The number of carbonyl (C=O) groups excluding carboxylic acids is 2. The summed E-state index contributed by atoms with van der Waals surface area (Å²) < 4.78 is 8.40. The fourth-order valence-corrected chi connectivity index (χ4v) is 5.76. The Kier molecular flexibility index (Phi) is 7.06. The number of ether oxygens (including phenoxy) is 1. The minimum atomic E-state index is -0.738. The predicted molar refractivity (Wildman–Crippen MR) is 141 cm³/mol. The van der Waals surface area contributed by atoms with Gasteiger partial charge in [-0.1, -0.05) is 18.2 Å². The van der Waals surface area contributed by atoms with E-state index in [1.54, 1.807) is 35.4 Å². The Morgan fingerprint density at radius 3 is 2.41 bits per heavy atom. The van der Waals surface area contributed by atoms with Crippen LogP contribution in [0.3, 0.4) is 0 Å². The average molecular weight is 507 g/mol. The molecule has 9 heteroatoms. The van der Waals surface area contributed by atoms with Crippen molar-refractivity contribution in [2.45, 2.75) is 44.7 Å². The van der Waals surface area contributed by atoms with Gasteiger partial charge in [0.25, 0.3) is 5.91 Å². The minimum Gasteiger partial charge on any atom is -0.497 e. The molecule has 2 amide bonds. The van der Waals surface area contributed by atoms with E-state index in [9.17, 15) is 19.5 Å². The molecule has 0 spiro atoms. The lowest BCUT2D eigenvalue weighted by molar-refractivity contribution is -0.151. The van der Waals surface area contributed by atoms with Crippen molar-refractivity contribution in [1.82, 2.24) is 14.0 Å². The first-order valence-corrected chi connectivity index (χ1v) is 13.0. The molecular weight excluding hydrogens is 472 g/mol. The van der Waals surface area contributed by atoms with Crippen LogP contribution in [0.25, 0.3) is 11.0 Å². The van der Waals surface area contributed by atoms with Crippen molar-refractivity contribution in [2.24, 2.45) is 13.0 Å². The number of hydrogen-bond donors (Lipinski definition) is 1. The number of nitrogens with zero attached hydrogens (tertiary/aromatic N) is 4. The maximum absolute atomic E-state index is 13.6. The number of imidazole rings is 1. The molecule has 0 radical (unpaired) electrons. The largest absolute Gasteiger partial charge is 0.497 e. The highest BCUT2D eigenvalue weighted by Gasteiger charge is 2.37. The third-order valence-electron chi connectivity index (χ3n) is 7.87. The minimum absolute atomic E-state index is 0.158. The van der Waals surface area contributed by atoms with E-state index in [2.05, 4.69) is 4.90 Å². The monoisotopic (exact) mass is 506 g/mol. The number of carbonyl (C=O) groups is 2. The highest BCUT2D eigenvalue weighted by Crippen LogP contribution is 2.33. The lowest BCUT2D eigenvalue weighted by Gasteiger charge is -2.34. The zero-order chi connectivity index (χ0) is 26.1. The van der Waals surface area contributed by atoms with Crippen molar-refractivity contribution >= 4 is 28.5 Å². The Morgan fingerprint density at radius 1 is 1.00 bits per heavy atom. The van der Waals surface area contributed by atoms with Crippen LogP contribution in [0.15, 0.2) is 47.3 Å². The number of fused-ring (bicyclic) bond motifs is 1. The summed E-state index contributed by atoms with van der Waals surface area (Å²) in [6, 6.07) is 12.4. The van der Waals surface area contributed by atoms with Gasteiger partial charge in [-0.15, -0.1) is 0 Å². The average Bonchev–Trinajstić information content (AvgIpc) is 3.17. The van der Waals surface area contributed by atoms with Crippen molar-refractivity contribution in [3.63, 3.8) is 0 Å². The van der Waals surface area contributed by atoms with Gasteiger partial charge in [-0.2, -0.15) is 0 Å². The number of aliphatic hydroxyl groups is 1. The summed E-state index contributed by atoms with van der Waals surface area (Å²) >= 11 is 0. The van der Waals surface area contributed by atoms with Gasteiger partial charge in [-0.05, 0) is 61.4 Å². The Bertz CT molecular complexity index is 1350. The van der Waals surface area contributed by atoms with Crippen LogP contribution in [0.4, 0.5) is 5.69 Å². The van der Waals surface area contributed by atoms with E-state index in [0.29, 0.717) is 23.6 Å². The highest BCUT2D eigenvalue weighted by atomic mass is 16.5. The van der Waals surface area contributed by atoms with E-state index in [4.69, 9.17) is 4.74 Å². The Hall–Kier alpha value is -3.59. The van der Waals surface area contributed by atoms with Gasteiger partial charge in [0, 0.05) is 33.2 Å². The lowest BCUT2D eigenvalue weighted by Crippen LogP contribution is -2.47. The number of likely N-dealkylation sites (tertiary alicyclic amines) is 1. The molecule has 0 saturated carbocycles. The van der Waals surface area contributed by atoms with Crippen LogP contribution in [0.1, 0.15) is 43.7 Å². The van der Waals surface area contributed by atoms with Crippen molar-refractivity contribution in [1.29, 1.82) is 0 Å². The van der Waals surface area contributed by atoms with Gasteiger partial charge in [0.1, 0.15) is 11.8 Å². The number of rotatable bonds is 7. The standard InChI is InChI=1S/C28H34N4O5/c1-29-26-22(30-15-12-19(13-16-30)14-17-33)4-3-5-23(26)32(28(29)36)24-10-11-25(34)31(27(24)35)18-20-6-8-21(37-2)9-7-20/h3-9,19,24,33H,10-18H2,1-2H3. The molecule has 3 heterocycles. The number of methoxy groups -OCH3 is 1. The number of hydrogen-bond acceptors (Lipinski definition) is 6. The second kappa shape index (κ2) is 10.4. The summed E-state index contributed by atoms with van der Waals surface area (Å²) in [7, 11) is 3.33. The van der Waals surface area contributed by atoms with Crippen LogP contribution < -0.4 is 15.3 Å². The van der Waals surface area contributed by atoms with E-state index < -0.39 is 6.04 Å². The molecule has 2 aliphatic heterocycles. The molecule has 3 aromatic rings. The predicted octanol–water partition coefficient (Wildman–Crippen LogP) is 2.84. The smallest absolute Gasteiger partial charge is 0.329 e. The van der Waals surface area contributed by atoms with Gasteiger partial charge >= 0.3 is 5.69 Å². The number of anilines is 1. The maximum Gasteiger partial charge on any atom is 0.329 e. The van der Waals surface area contributed by atoms with Crippen LogP contribution in [-0.2, 0) is 23.2 Å². The van der Waals surface area contributed by atoms with Crippen LogP contribution >= 0.6 is 0 Å². The first-order valence-electron chi connectivity index (χ1n) is 13.0. The number of amides is 2. The molecule has 5 rings (SSSR count). The van der Waals surface area contributed by atoms with Gasteiger partial charge in [0.05, 0.1) is 30.4 Å². The molecule has 2 saturated heterocycles. The quantitative estimate of drug-likeness (QED) is 0.495. The van der Waals surface area contributed by atoms with Crippen LogP contribution in [0.2, 0.25) is 0 Å². The fourth-order valence-electron chi connectivity index (χ4n) is 5.76. The molecule has 0 aliphatic carbocycles. The van der Waals surface area contributed by atoms with Crippen molar-refractivity contribution in [2.75, 3.05) is 31.7 Å². The molecule has 1 aromatic heterocycles. The van der Waals surface area contributed by atoms with Gasteiger partial charge in [0.15, 0.2) is 0 Å². The zero-order valence-corrected chi connectivity index (χ0v) is 21.4. The molecule has 37 heavy (non-hydrogen) atoms. The lowest BCUT2D eigenvalue weighted by atomic mass is 9.93. The van der Waals surface area contributed by atoms with Crippen molar-refractivity contribution in [3.8, 4) is 5.75 Å². The summed E-state index contributed by atoms with van der Waals surface area (Å²) in [5.74, 6) is 0.644. The van der Waals surface area contributed by atoms with Crippen molar-refractivity contribution < 1.29 is 19.4 Å². The van der Waals surface area contributed by atoms with E-state index in [1.807, 2.05) is 30.3 Å². The summed E-state index contributed by atoms with van der Waals surface area (Å²) in [6.07, 6.45) is 3.31. The molecule has 1 unspecified atom stereocenters. The molecule has 2 fully saturated rings. The van der Waals surface area contributed by atoms with E-state index >= 15 is 0 Å². The second-order valence-corrected chi connectivity index (χ2v) is 10.0. The number of piperidine rings is 2. The molecule has 1 N–H and O–H groups in total. The van der Waals surface area contributed by atoms with Crippen LogP contribution in [0, 0.1) is 5.92 Å². The molecule has 1 atom stereocenters. The molecule has 196 valence electrons. The SMILES string of the molecule is COc1ccc(CN2C(=O)CCC(n3c(=O)n(C)c4c(N5CCC(CCO)CC5)cccc43)C2=O)cc1. The fraction of sp³-hybridized carbons (Fsp3) is 0.464. The van der Waals surface area contributed by atoms with E-state index in [0.717, 1.165) is 49.1 Å². The van der Waals surface area contributed by atoms with E-state index in [1.165, 1.54) is 4.90 Å². The highest BCUT2D eigenvalue weighted by molar-refractivity contribution is 6.00. The molecular formula is C28H34N4O5. The molecule has 0 bridgehead atoms. The Balaban J connectivity index is 1.46. The normalized spacial score (nSPS) is 19.2. The summed E-state index contributed by atoms with van der Waals surface area (Å²) in [5, 5.41) is 9.29. The van der Waals surface area contributed by atoms with Gasteiger partial charge in [-0.3, -0.25) is 23.6 Å². The molecule has 9 nitrogen and oxygen atoms in total. The second-order valence-electron chi connectivity index (χ2n) is 10.0. The van der Waals surface area contributed by atoms with Gasteiger partial charge < -0.3 is 14.7 Å². The summed E-state index contributed by atoms with van der Waals surface area (Å²) in [5.41, 5.74) is 3.06.